The van der Waals surface area contributed by atoms with Crippen molar-refractivity contribution in [1.82, 2.24) is 10.2 Å². The first-order valence-electron chi connectivity index (χ1n) is 5.39. The predicted molar refractivity (Wildman–Crippen MR) is 60.9 cm³/mol. The van der Waals surface area contributed by atoms with E-state index in [0.29, 0.717) is 5.39 Å². The number of aromatic nitrogens is 2. The van der Waals surface area contributed by atoms with Gasteiger partial charge in [-0.25, -0.2) is 9.49 Å². The van der Waals surface area contributed by atoms with Crippen LogP contribution in [0, 0.1) is 5.82 Å². The van der Waals surface area contributed by atoms with Crippen molar-refractivity contribution < 1.29 is 4.39 Å². The van der Waals surface area contributed by atoms with Gasteiger partial charge in [-0.2, -0.15) is 5.10 Å². The van der Waals surface area contributed by atoms with Gasteiger partial charge in [0.25, 0.3) is 5.56 Å². The fraction of sp³-hybridized carbons (Fsp3) is 0.333. The Balaban J connectivity index is 2.65. The molecule has 0 unspecified atom stereocenters. The molecule has 0 radical (unpaired) electrons. The number of fused-ring (bicyclic) bond motifs is 1. The van der Waals surface area contributed by atoms with Crippen LogP contribution < -0.4 is 5.56 Å². The van der Waals surface area contributed by atoms with E-state index >= 15 is 0 Å². The standard InChI is InChI=1S/C12H13FN2O/c1-2-3-7-10-8-5-4-6-9(13)11(8)12(16)15-14-10/h4-6H,2-3,7H2,1H3,(H,15,16). The average molecular weight is 220 g/mol. The Morgan fingerprint density at radius 1 is 1.44 bits per heavy atom. The number of halogens is 1. The molecule has 2 rings (SSSR count). The summed E-state index contributed by atoms with van der Waals surface area (Å²) in [7, 11) is 0. The molecule has 0 saturated carbocycles. The van der Waals surface area contributed by atoms with Gasteiger partial charge >= 0.3 is 0 Å². The normalized spacial score (nSPS) is 10.9. The maximum Gasteiger partial charge on any atom is 0.275 e. The molecule has 0 aliphatic carbocycles. The van der Waals surface area contributed by atoms with Crippen LogP contribution in [0.1, 0.15) is 25.5 Å². The van der Waals surface area contributed by atoms with Gasteiger partial charge in [0.1, 0.15) is 5.82 Å². The molecule has 0 saturated heterocycles. The molecule has 0 amide bonds. The first kappa shape index (κ1) is 10.8. The van der Waals surface area contributed by atoms with Crippen LogP contribution in [-0.4, -0.2) is 10.2 Å². The Labute approximate surface area is 92.3 Å². The molecular weight excluding hydrogens is 207 g/mol. The Morgan fingerprint density at radius 3 is 3.00 bits per heavy atom. The second-order valence-electron chi connectivity index (χ2n) is 3.77. The first-order chi connectivity index (χ1) is 7.74. The van der Waals surface area contributed by atoms with Gasteiger partial charge in [0.05, 0.1) is 11.1 Å². The molecule has 0 bridgehead atoms. The van der Waals surface area contributed by atoms with E-state index in [2.05, 4.69) is 17.1 Å². The highest BCUT2D eigenvalue weighted by Gasteiger charge is 2.09. The van der Waals surface area contributed by atoms with E-state index in [1.807, 2.05) is 0 Å². The molecule has 0 aliphatic rings. The second-order valence-corrected chi connectivity index (χ2v) is 3.77. The van der Waals surface area contributed by atoms with E-state index in [9.17, 15) is 9.18 Å². The van der Waals surface area contributed by atoms with Gasteiger partial charge in [-0.1, -0.05) is 25.5 Å². The summed E-state index contributed by atoms with van der Waals surface area (Å²) in [4.78, 5) is 11.5. The zero-order valence-corrected chi connectivity index (χ0v) is 9.09. The third kappa shape index (κ3) is 1.83. The van der Waals surface area contributed by atoms with Crippen LogP contribution in [0.25, 0.3) is 10.8 Å². The zero-order chi connectivity index (χ0) is 11.5. The number of H-pyrrole nitrogens is 1. The van der Waals surface area contributed by atoms with Gasteiger partial charge in [0, 0.05) is 5.39 Å². The predicted octanol–water partition coefficient (Wildman–Crippen LogP) is 2.40. The van der Waals surface area contributed by atoms with Gasteiger partial charge in [0.15, 0.2) is 0 Å². The number of unbranched alkanes of at least 4 members (excludes halogenated alkanes) is 1. The topological polar surface area (TPSA) is 45.8 Å². The van der Waals surface area contributed by atoms with Crippen molar-refractivity contribution >= 4 is 10.8 Å². The molecule has 1 N–H and O–H groups in total. The van der Waals surface area contributed by atoms with E-state index in [4.69, 9.17) is 0 Å². The van der Waals surface area contributed by atoms with Crippen LogP contribution in [-0.2, 0) is 6.42 Å². The number of hydrogen-bond acceptors (Lipinski definition) is 2. The Hall–Kier alpha value is -1.71. The average Bonchev–Trinajstić information content (AvgIpc) is 2.28. The number of nitrogens with zero attached hydrogens (tertiary/aromatic N) is 1. The summed E-state index contributed by atoms with van der Waals surface area (Å²) in [6, 6.07) is 4.64. The van der Waals surface area contributed by atoms with Crippen molar-refractivity contribution in [3.8, 4) is 0 Å². The third-order valence-electron chi connectivity index (χ3n) is 2.61. The monoisotopic (exact) mass is 220 g/mol. The largest absolute Gasteiger partial charge is 0.275 e. The van der Waals surface area contributed by atoms with Crippen LogP contribution in [0.3, 0.4) is 0 Å². The SMILES string of the molecule is CCCCc1n[nH]c(=O)c2c(F)cccc12. The lowest BCUT2D eigenvalue weighted by molar-refractivity contribution is 0.637. The van der Waals surface area contributed by atoms with Crippen molar-refractivity contribution in [2.75, 3.05) is 0 Å². The molecule has 0 fully saturated rings. The zero-order valence-electron chi connectivity index (χ0n) is 9.09. The number of hydrogen-bond donors (Lipinski definition) is 1. The highest BCUT2D eigenvalue weighted by Crippen LogP contribution is 2.17. The summed E-state index contributed by atoms with van der Waals surface area (Å²) in [6.45, 7) is 2.08. The van der Waals surface area contributed by atoms with Crippen LogP contribution >= 0.6 is 0 Å². The van der Waals surface area contributed by atoms with Crippen molar-refractivity contribution in [2.24, 2.45) is 0 Å². The van der Waals surface area contributed by atoms with Gasteiger partial charge in [-0.05, 0) is 18.9 Å². The highest BCUT2D eigenvalue weighted by molar-refractivity contribution is 5.83. The van der Waals surface area contributed by atoms with Crippen molar-refractivity contribution in [3.05, 3.63) is 40.1 Å². The third-order valence-corrected chi connectivity index (χ3v) is 2.61. The van der Waals surface area contributed by atoms with Crippen LogP contribution in [0.15, 0.2) is 23.0 Å². The van der Waals surface area contributed by atoms with Gasteiger partial charge in [-0.3, -0.25) is 4.79 Å². The summed E-state index contributed by atoms with van der Waals surface area (Å²) in [6.07, 6.45) is 2.77. The maximum atomic E-state index is 13.5. The van der Waals surface area contributed by atoms with E-state index in [1.54, 1.807) is 12.1 Å². The Bertz CT molecular complexity index is 562. The van der Waals surface area contributed by atoms with E-state index in [0.717, 1.165) is 25.0 Å². The maximum absolute atomic E-state index is 13.5. The lowest BCUT2D eigenvalue weighted by atomic mass is 10.1. The van der Waals surface area contributed by atoms with Gasteiger partial charge < -0.3 is 0 Å². The van der Waals surface area contributed by atoms with E-state index in [-0.39, 0.29) is 5.39 Å². The van der Waals surface area contributed by atoms with Crippen LogP contribution in [0.4, 0.5) is 4.39 Å². The van der Waals surface area contributed by atoms with E-state index in [1.165, 1.54) is 6.07 Å². The number of aromatic amines is 1. The molecule has 1 heterocycles. The Morgan fingerprint density at radius 2 is 2.25 bits per heavy atom. The van der Waals surface area contributed by atoms with Crippen molar-refractivity contribution in [2.45, 2.75) is 26.2 Å². The number of rotatable bonds is 3. The second kappa shape index (κ2) is 4.43. The molecule has 0 aliphatic heterocycles. The minimum Gasteiger partial charge on any atom is -0.267 e. The Kier molecular flexibility index (Phi) is 2.99. The summed E-state index contributed by atoms with van der Waals surface area (Å²) >= 11 is 0. The van der Waals surface area contributed by atoms with Crippen molar-refractivity contribution in [1.29, 1.82) is 0 Å². The molecule has 1 aromatic heterocycles. The molecule has 16 heavy (non-hydrogen) atoms. The molecule has 3 nitrogen and oxygen atoms in total. The molecule has 84 valence electrons. The summed E-state index contributed by atoms with van der Waals surface area (Å²) < 4.78 is 13.5. The smallest absolute Gasteiger partial charge is 0.267 e. The van der Waals surface area contributed by atoms with Gasteiger partial charge in [0.2, 0.25) is 0 Å². The fourth-order valence-electron chi connectivity index (χ4n) is 1.76. The lowest BCUT2D eigenvalue weighted by Crippen LogP contribution is -2.12. The first-order valence-corrected chi connectivity index (χ1v) is 5.39. The van der Waals surface area contributed by atoms with E-state index < -0.39 is 11.4 Å². The minimum absolute atomic E-state index is 0.114. The lowest BCUT2D eigenvalue weighted by Gasteiger charge is -2.04. The van der Waals surface area contributed by atoms with Gasteiger partial charge in [-0.15, -0.1) is 0 Å². The quantitative estimate of drug-likeness (QED) is 0.863. The summed E-state index contributed by atoms with van der Waals surface area (Å²) in [5.74, 6) is -0.487. The summed E-state index contributed by atoms with van der Waals surface area (Å²) in [5.41, 5.74) is 0.296. The molecule has 0 spiro atoms. The molecular formula is C12H13FN2O. The fourth-order valence-corrected chi connectivity index (χ4v) is 1.76. The van der Waals surface area contributed by atoms with Crippen LogP contribution in [0.5, 0.6) is 0 Å². The number of benzene rings is 1. The molecule has 2 aromatic rings. The summed E-state index contributed by atoms with van der Waals surface area (Å²) in [5, 5.41) is 7.06. The molecule has 1 aromatic carbocycles. The van der Waals surface area contributed by atoms with Crippen LogP contribution in [0.2, 0.25) is 0 Å². The van der Waals surface area contributed by atoms with Crippen molar-refractivity contribution in [3.63, 3.8) is 0 Å². The minimum atomic E-state index is -0.487. The molecule has 4 heteroatoms. The number of aryl methyl sites for hydroxylation is 1. The molecule has 0 atom stereocenters. The highest BCUT2D eigenvalue weighted by atomic mass is 19.1. The number of nitrogens with one attached hydrogen (secondary N) is 1.